The van der Waals surface area contributed by atoms with Crippen LogP contribution in [0.4, 0.5) is 5.69 Å². The third kappa shape index (κ3) is 5.51. The predicted octanol–water partition coefficient (Wildman–Crippen LogP) is 5.89. The van der Waals surface area contributed by atoms with Gasteiger partial charge in [-0.25, -0.2) is 0 Å². The number of nitrogens with zero attached hydrogens (tertiary/aromatic N) is 3. The van der Waals surface area contributed by atoms with Crippen LogP contribution in [0.3, 0.4) is 0 Å². The van der Waals surface area contributed by atoms with Crippen molar-refractivity contribution in [1.82, 2.24) is 14.8 Å². The molecule has 0 aliphatic rings. The van der Waals surface area contributed by atoms with Crippen molar-refractivity contribution in [2.75, 3.05) is 18.2 Å². The number of hydrogen-bond donors (Lipinski definition) is 1. The van der Waals surface area contributed by atoms with Crippen LogP contribution >= 0.6 is 11.8 Å². The fraction of sp³-hybridized carbons (Fsp3) is 0.269. The number of fused-ring (bicyclic) bond motifs is 1. The van der Waals surface area contributed by atoms with Crippen LogP contribution in [0.1, 0.15) is 38.7 Å². The van der Waals surface area contributed by atoms with E-state index in [1.807, 2.05) is 78.2 Å². The molecule has 0 fully saturated rings. The van der Waals surface area contributed by atoms with Crippen molar-refractivity contribution < 1.29 is 14.3 Å². The molecule has 0 aliphatic carbocycles. The molecule has 1 unspecified atom stereocenters. The average Bonchev–Trinajstić information content (AvgIpc) is 3.27. The molecule has 0 radical (unpaired) electrons. The lowest BCUT2D eigenvalue weighted by Crippen LogP contribution is -2.16. The number of rotatable bonds is 9. The summed E-state index contributed by atoms with van der Waals surface area (Å²) in [5.41, 5.74) is 0.774. The van der Waals surface area contributed by atoms with Gasteiger partial charge in [-0.1, -0.05) is 48.2 Å². The van der Waals surface area contributed by atoms with Crippen molar-refractivity contribution in [2.24, 2.45) is 0 Å². The summed E-state index contributed by atoms with van der Waals surface area (Å²) in [6.07, 6.45) is -0.331. The topological polar surface area (TPSA) is 78.3 Å². The number of ether oxygens (including phenoxy) is 2. The molecule has 8 heteroatoms. The van der Waals surface area contributed by atoms with Crippen molar-refractivity contribution in [3.63, 3.8) is 0 Å². The van der Waals surface area contributed by atoms with Crippen molar-refractivity contribution in [1.29, 1.82) is 0 Å². The van der Waals surface area contributed by atoms with Crippen LogP contribution in [0.25, 0.3) is 10.8 Å². The molecule has 4 aromatic rings. The maximum Gasteiger partial charge on any atom is 0.234 e. The first kappa shape index (κ1) is 23.6. The monoisotopic (exact) mass is 476 g/mol. The number of thioether (sulfide) groups is 1. The van der Waals surface area contributed by atoms with Crippen LogP contribution < -0.4 is 14.8 Å². The minimum Gasteiger partial charge on any atom is -0.497 e. The fourth-order valence-electron chi connectivity index (χ4n) is 3.67. The summed E-state index contributed by atoms with van der Waals surface area (Å²) in [5, 5.41) is 14.6. The number of hydrogen-bond acceptors (Lipinski definition) is 6. The van der Waals surface area contributed by atoms with E-state index in [0.29, 0.717) is 16.7 Å². The normalized spacial score (nSPS) is 12.0. The van der Waals surface area contributed by atoms with Gasteiger partial charge in [0.1, 0.15) is 11.5 Å². The van der Waals surface area contributed by atoms with Crippen LogP contribution in [0.5, 0.6) is 11.5 Å². The molecule has 0 aliphatic heterocycles. The molecule has 176 valence electrons. The van der Waals surface area contributed by atoms with Crippen LogP contribution in [0.2, 0.25) is 0 Å². The highest BCUT2D eigenvalue weighted by Crippen LogP contribution is 2.29. The number of carbonyl (C=O) groups excluding carboxylic acids is 1. The highest BCUT2D eigenvalue weighted by Gasteiger charge is 2.22. The molecule has 1 amide bonds. The smallest absolute Gasteiger partial charge is 0.234 e. The van der Waals surface area contributed by atoms with Gasteiger partial charge in [-0.15, -0.1) is 10.2 Å². The third-order valence-corrected chi connectivity index (χ3v) is 6.23. The van der Waals surface area contributed by atoms with Crippen molar-refractivity contribution in [3.8, 4) is 11.5 Å². The van der Waals surface area contributed by atoms with Crippen LogP contribution in [0, 0.1) is 0 Å². The first-order valence-electron chi connectivity index (χ1n) is 11.1. The molecule has 0 saturated carbocycles. The van der Waals surface area contributed by atoms with E-state index in [1.54, 1.807) is 7.11 Å². The van der Waals surface area contributed by atoms with E-state index in [9.17, 15) is 4.79 Å². The molecule has 4 rings (SSSR count). The van der Waals surface area contributed by atoms with Crippen molar-refractivity contribution in [2.45, 2.75) is 38.1 Å². The minimum absolute atomic E-state index is 0.0965. The van der Waals surface area contributed by atoms with Gasteiger partial charge in [0.25, 0.3) is 0 Å². The maximum atomic E-state index is 12.6. The first-order valence-corrected chi connectivity index (χ1v) is 12.1. The third-order valence-electron chi connectivity index (χ3n) is 5.29. The van der Waals surface area contributed by atoms with Crippen LogP contribution in [-0.2, 0) is 4.79 Å². The Balaban J connectivity index is 1.42. The van der Waals surface area contributed by atoms with Crippen molar-refractivity contribution >= 4 is 34.1 Å². The van der Waals surface area contributed by atoms with E-state index in [0.717, 1.165) is 22.2 Å². The van der Waals surface area contributed by atoms with E-state index >= 15 is 0 Å². The van der Waals surface area contributed by atoms with Gasteiger partial charge in [-0.05, 0) is 55.8 Å². The van der Waals surface area contributed by atoms with Gasteiger partial charge in [0, 0.05) is 17.8 Å². The Morgan fingerprint density at radius 1 is 0.971 bits per heavy atom. The molecule has 1 aromatic heterocycles. The minimum atomic E-state index is -0.331. The number of nitrogens with one attached hydrogen (secondary N) is 1. The Morgan fingerprint density at radius 2 is 1.74 bits per heavy atom. The summed E-state index contributed by atoms with van der Waals surface area (Å²) in [6, 6.07) is 21.5. The zero-order valence-electron chi connectivity index (χ0n) is 19.7. The Hall–Kier alpha value is -3.52. The highest BCUT2D eigenvalue weighted by molar-refractivity contribution is 7.99. The molecule has 0 saturated heterocycles. The molecule has 34 heavy (non-hydrogen) atoms. The van der Waals surface area contributed by atoms with Gasteiger partial charge in [0.2, 0.25) is 5.91 Å². The second-order valence-corrected chi connectivity index (χ2v) is 9.08. The van der Waals surface area contributed by atoms with Gasteiger partial charge in [0.05, 0.1) is 12.9 Å². The molecule has 1 atom stereocenters. The number of benzene rings is 3. The molecule has 1 N–H and O–H groups in total. The van der Waals surface area contributed by atoms with E-state index in [-0.39, 0.29) is 23.8 Å². The first-order chi connectivity index (χ1) is 16.4. The summed E-state index contributed by atoms with van der Waals surface area (Å²) in [5.74, 6) is 2.25. The fourth-order valence-corrected chi connectivity index (χ4v) is 4.55. The highest BCUT2D eigenvalue weighted by atomic mass is 32.2. The summed E-state index contributed by atoms with van der Waals surface area (Å²) >= 11 is 1.36. The van der Waals surface area contributed by atoms with E-state index in [1.165, 1.54) is 11.8 Å². The second kappa shape index (κ2) is 10.6. The summed E-state index contributed by atoms with van der Waals surface area (Å²) in [6.45, 7) is 6.05. The quantitative estimate of drug-likeness (QED) is 0.303. The Kier molecular flexibility index (Phi) is 7.37. The van der Waals surface area contributed by atoms with Gasteiger partial charge >= 0.3 is 0 Å². The lowest BCUT2D eigenvalue weighted by molar-refractivity contribution is -0.113. The largest absolute Gasteiger partial charge is 0.497 e. The molecule has 7 nitrogen and oxygen atoms in total. The van der Waals surface area contributed by atoms with Crippen LogP contribution in [0.15, 0.2) is 71.9 Å². The summed E-state index contributed by atoms with van der Waals surface area (Å²) < 4.78 is 13.4. The molecule has 0 spiro atoms. The molecular weight excluding hydrogens is 448 g/mol. The molecule has 0 bridgehead atoms. The predicted molar refractivity (Wildman–Crippen MR) is 136 cm³/mol. The molecule has 1 heterocycles. The zero-order valence-corrected chi connectivity index (χ0v) is 20.5. The maximum absolute atomic E-state index is 12.6. The van der Waals surface area contributed by atoms with Gasteiger partial charge < -0.3 is 19.4 Å². The average molecular weight is 477 g/mol. The van der Waals surface area contributed by atoms with Crippen molar-refractivity contribution in [3.05, 3.63) is 72.6 Å². The van der Waals surface area contributed by atoms with Gasteiger partial charge in [0.15, 0.2) is 17.1 Å². The number of aromatic nitrogens is 3. The van der Waals surface area contributed by atoms with E-state index in [4.69, 9.17) is 9.47 Å². The van der Waals surface area contributed by atoms with Crippen LogP contribution in [-0.4, -0.2) is 33.5 Å². The van der Waals surface area contributed by atoms with E-state index < -0.39 is 0 Å². The number of methoxy groups -OCH3 is 1. The summed E-state index contributed by atoms with van der Waals surface area (Å²) in [7, 11) is 1.62. The molecule has 3 aromatic carbocycles. The Bertz CT molecular complexity index is 1290. The second-order valence-electron chi connectivity index (χ2n) is 8.14. The number of carbonyl (C=O) groups is 1. The van der Waals surface area contributed by atoms with Gasteiger partial charge in [-0.3, -0.25) is 4.79 Å². The SMILES string of the molecule is COc1cccc(OC(C)c2nnc(SCC(=O)Nc3ccc4ccccc4c3)n2C(C)C)c1. The summed E-state index contributed by atoms with van der Waals surface area (Å²) in [4.78, 5) is 12.6. The molecular formula is C26H28N4O3S. The zero-order chi connectivity index (χ0) is 24.1. The number of amides is 1. The Morgan fingerprint density at radius 3 is 2.50 bits per heavy atom. The lowest BCUT2D eigenvalue weighted by Gasteiger charge is -2.19. The standard InChI is InChI=1S/C26H28N4O3S/c1-17(2)30-25(18(3)33-23-11-7-10-22(15-23)32-4)28-29-26(30)34-16-24(31)27-21-13-12-19-8-5-6-9-20(19)14-21/h5-15,17-18H,16H2,1-4H3,(H,27,31). The Labute approximate surface area is 203 Å². The number of anilines is 1. The lowest BCUT2D eigenvalue weighted by atomic mass is 10.1. The van der Waals surface area contributed by atoms with Gasteiger partial charge in [-0.2, -0.15) is 0 Å². The van der Waals surface area contributed by atoms with E-state index in [2.05, 4.69) is 29.4 Å².